The molecule has 0 N–H and O–H groups in total. The van der Waals surface area contributed by atoms with Crippen molar-refractivity contribution in [3.05, 3.63) is 57.0 Å². The first-order chi connectivity index (χ1) is 14.7. The minimum Gasteiger partial charge on any atom is -0.353 e. The van der Waals surface area contributed by atoms with Gasteiger partial charge in [-0.2, -0.15) is 0 Å². The van der Waals surface area contributed by atoms with Gasteiger partial charge >= 0.3 is 6.03 Å². The van der Waals surface area contributed by atoms with E-state index in [1.807, 2.05) is 11.8 Å². The van der Waals surface area contributed by atoms with Gasteiger partial charge in [0.05, 0.1) is 4.92 Å². The zero-order valence-electron chi connectivity index (χ0n) is 18.8. The van der Waals surface area contributed by atoms with E-state index in [0.29, 0.717) is 32.6 Å². The van der Waals surface area contributed by atoms with Crippen molar-refractivity contribution < 1.29 is 9.72 Å². The Balaban J connectivity index is 1.89. The first kappa shape index (κ1) is 22.5. The predicted molar refractivity (Wildman–Crippen MR) is 120 cm³/mol. The molecular formula is C22H30N6O3. The average Bonchev–Trinajstić information content (AvgIpc) is 2.74. The number of carbonyl (C=O) groups is 1. The molecule has 2 aromatic rings. The minimum atomic E-state index is -0.393. The SMILES string of the molecule is Cc1nc(C(C)C)nc(N2CCN(C(=O)N(C)C)CC2)c1Cc1ccc([N+](=O)[O-])cc1. The van der Waals surface area contributed by atoms with Gasteiger partial charge < -0.3 is 14.7 Å². The summed E-state index contributed by atoms with van der Waals surface area (Å²) < 4.78 is 0. The van der Waals surface area contributed by atoms with Crippen LogP contribution >= 0.6 is 0 Å². The number of aryl methyl sites for hydroxylation is 1. The Kier molecular flexibility index (Phi) is 6.72. The summed E-state index contributed by atoms with van der Waals surface area (Å²) in [6, 6.07) is 6.64. The molecule has 0 aliphatic carbocycles. The summed E-state index contributed by atoms with van der Waals surface area (Å²) in [5.41, 5.74) is 2.98. The number of amides is 2. The van der Waals surface area contributed by atoms with E-state index < -0.39 is 4.92 Å². The molecule has 0 spiro atoms. The van der Waals surface area contributed by atoms with Crippen molar-refractivity contribution in [2.24, 2.45) is 0 Å². The summed E-state index contributed by atoms with van der Waals surface area (Å²) >= 11 is 0. The summed E-state index contributed by atoms with van der Waals surface area (Å²) in [5, 5.41) is 11.0. The molecule has 2 amide bonds. The molecule has 1 aliphatic heterocycles. The molecule has 0 atom stereocenters. The van der Waals surface area contributed by atoms with Gasteiger partial charge in [0.2, 0.25) is 0 Å². The predicted octanol–water partition coefficient (Wildman–Crippen LogP) is 3.21. The normalized spacial score (nSPS) is 14.1. The third-order valence-corrected chi connectivity index (χ3v) is 5.49. The molecule has 1 aromatic carbocycles. The molecule has 1 saturated heterocycles. The van der Waals surface area contributed by atoms with Crippen molar-refractivity contribution >= 4 is 17.5 Å². The van der Waals surface area contributed by atoms with Gasteiger partial charge in [0.25, 0.3) is 5.69 Å². The molecule has 0 saturated carbocycles. The lowest BCUT2D eigenvalue weighted by Gasteiger charge is -2.37. The van der Waals surface area contributed by atoms with Crippen LogP contribution in [0, 0.1) is 17.0 Å². The number of piperazine rings is 1. The molecular weight excluding hydrogens is 396 g/mol. The number of carbonyl (C=O) groups excluding carboxylic acids is 1. The Bertz CT molecular complexity index is 950. The van der Waals surface area contributed by atoms with Crippen LogP contribution in [0.4, 0.5) is 16.3 Å². The summed E-state index contributed by atoms with van der Waals surface area (Å²) in [5.74, 6) is 1.89. The lowest BCUT2D eigenvalue weighted by molar-refractivity contribution is -0.384. The van der Waals surface area contributed by atoms with Gasteiger partial charge in [0, 0.05) is 76.0 Å². The van der Waals surface area contributed by atoms with E-state index in [4.69, 9.17) is 9.97 Å². The van der Waals surface area contributed by atoms with Crippen LogP contribution in [-0.4, -0.2) is 71.0 Å². The minimum absolute atomic E-state index is 0.0208. The highest BCUT2D eigenvalue weighted by Gasteiger charge is 2.26. The maximum absolute atomic E-state index is 12.3. The zero-order chi connectivity index (χ0) is 22.7. The lowest BCUT2D eigenvalue weighted by Crippen LogP contribution is -2.52. The number of hydrogen-bond donors (Lipinski definition) is 0. The number of benzene rings is 1. The van der Waals surface area contributed by atoms with Crippen LogP contribution in [0.15, 0.2) is 24.3 Å². The quantitative estimate of drug-likeness (QED) is 0.538. The van der Waals surface area contributed by atoms with Crippen LogP contribution in [0.2, 0.25) is 0 Å². The fraction of sp³-hybridized carbons (Fsp3) is 0.500. The number of urea groups is 1. The number of aromatic nitrogens is 2. The number of nitrogens with zero attached hydrogens (tertiary/aromatic N) is 6. The lowest BCUT2D eigenvalue weighted by atomic mass is 10.0. The van der Waals surface area contributed by atoms with Gasteiger partial charge in [0.15, 0.2) is 0 Å². The molecule has 1 aliphatic rings. The number of nitro benzene ring substituents is 1. The van der Waals surface area contributed by atoms with E-state index in [0.717, 1.165) is 28.5 Å². The largest absolute Gasteiger partial charge is 0.353 e. The highest BCUT2D eigenvalue weighted by Crippen LogP contribution is 2.27. The Morgan fingerprint density at radius 3 is 2.26 bits per heavy atom. The summed E-state index contributed by atoms with van der Waals surface area (Å²) in [4.78, 5) is 38.1. The molecule has 1 fully saturated rings. The van der Waals surface area contributed by atoms with Crippen molar-refractivity contribution in [2.75, 3.05) is 45.2 Å². The van der Waals surface area contributed by atoms with Crippen LogP contribution in [0.5, 0.6) is 0 Å². The third kappa shape index (κ3) is 5.10. The number of anilines is 1. The Hall–Kier alpha value is -3.23. The molecule has 0 bridgehead atoms. The maximum atomic E-state index is 12.3. The second kappa shape index (κ2) is 9.28. The van der Waals surface area contributed by atoms with Gasteiger partial charge in [-0.25, -0.2) is 14.8 Å². The summed E-state index contributed by atoms with van der Waals surface area (Å²) in [6.07, 6.45) is 0.592. The Labute approximate surface area is 182 Å². The molecule has 0 unspecified atom stereocenters. The Morgan fingerprint density at radius 2 is 1.74 bits per heavy atom. The summed E-state index contributed by atoms with van der Waals surface area (Å²) in [6.45, 7) is 8.79. The number of rotatable bonds is 5. The molecule has 9 nitrogen and oxygen atoms in total. The second-order valence-electron chi connectivity index (χ2n) is 8.38. The zero-order valence-corrected chi connectivity index (χ0v) is 18.8. The first-order valence-corrected chi connectivity index (χ1v) is 10.5. The van der Waals surface area contributed by atoms with E-state index in [-0.39, 0.29) is 17.6 Å². The maximum Gasteiger partial charge on any atom is 0.319 e. The number of non-ortho nitro benzene ring substituents is 1. The highest BCUT2D eigenvalue weighted by atomic mass is 16.6. The molecule has 0 radical (unpaired) electrons. The van der Waals surface area contributed by atoms with Gasteiger partial charge in [-0.15, -0.1) is 0 Å². The van der Waals surface area contributed by atoms with Crippen LogP contribution in [-0.2, 0) is 6.42 Å². The van der Waals surface area contributed by atoms with Crippen molar-refractivity contribution in [3.8, 4) is 0 Å². The van der Waals surface area contributed by atoms with Crippen LogP contribution in [0.1, 0.15) is 42.4 Å². The molecule has 2 heterocycles. The molecule has 166 valence electrons. The molecule has 31 heavy (non-hydrogen) atoms. The monoisotopic (exact) mass is 426 g/mol. The fourth-order valence-electron chi connectivity index (χ4n) is 3.66. The smallest absolute Gasteiger partial charge is 0.319 e. The van der Waals surface area contributed by atoms with E-state index in [1.54, 1.807) is 31.1 Å². The third-order valence-electron chi connectivity index (χ3n) is 5.49. The summed E-state index contributed by atoms with van der Waals surface area (Å²) in [7, 11) is 3.53. The number of hydrogen-bond acceptors (Lipinski definition) is 6. The van der Waals surface area contributed by atoms with Crippen LogP contribution in [0.3, 0.4) is 0 Å². The highest BCUT2D eigenvalue weighted by molar-refractivity contribution is 5.74. The Morgan fingerprint density at radius 1 is 1.13 bits per heavy atom. The molecule has 9 heteroatoms. The average molecular weight is 427 g/mol. The van der Waals surface area contributed by atoms with E-state index in [9.17, 15) is 14.9 Å². The van der Waals surface area contributed by atoms with E-state index in [2.05, 4.69) is 18.7 Å². The van der Waals surface area contributed by atoms with Crippen molar-refractivity contribution in [2.45, 2.75) is 33.1 Å². The van der Waals surface area contributed by atoms with Gasteiger partial charge in [-0.05, 0) is 12.5 Å². The standard InChI is InChI=1S/C22H30N6O3/c1-15(2)20-23-16(3)19(14-17-6-8-18(9-7-17)28(30)31)21(24-20)26-10-12-27(13-11-26)22(29)25(4)5/h6-9,15H,10-14H2,1-5H3. The second-order valence-corrected chi connectivity index (χ2v) is 8.38. The van der Waals surface area contributed by atoms with E-state index >= 15 is 0 Å². The van der Waals surface area contributed by atoms with Crippen molar-refractivity contribution in [1.82, 2.24) is 19.8 Å². The first-order valence-electron chi connectivity index (χ1n) is 10.5. The number of nitro groups is 1. The molecule has 3 rings (SSSR count). The van der Waals surface area contributed by atoms with Gasteiger partial charge in [0.1, 0.15) is 11.6 Å². The topological polar surface area (TPSA) is 95.7 Å². The van der Waals surface area contributed by atoms with Crippen molar-refractivity contribution in [3.63, 3.8) is 0 Å². The van der Waals surface area contributed by atoms with Gasteiger partial charge in [-0.3, -0.25) is 10.1 Å². The van der Waals surface area contributed by atoms with Crippen LogP contribution < -0.4 is 4.90 Å². The van der Waals surface area contributed by atoms with Crippen LogP contribution in [0.25, 0.3) is 0 Å². The van der Waals surface area contributed by atoms with Gasteiger partial charge in [-0.1, -0.05) is 26.0 Å². The fourth-order valence-corrected chi connectivity index (χ4v) is 3.66. The molecule has 1 aromatic heterocycles. The van der Waals surface area contributed by atoms with Crippen molar-refractivity contribution in [1.29, 1.82) is 0 Å². The van der Waals surface area contributed by atoms with E-state index in [1.165, 1.54) is 12.1 Å².